The molecule has 0 saturated carbocycles. The highest BCUT2D eigenvalue weighted by Gasteiger charge is 2.23. The summed E-state index contributed by atoms with van der Waals surface area (Å²) in [5, 5.41) is 14.0. The van der Waals surface area contributed by atoms with E-state index in [4.69, 9.17) is 9.97 Å². The van der Waals surface area contributed by atoms with Crippen molar-refractivity contribution in [3.63, 3.8) is 0 Å². The predicted molar refractivity (Wildman–Crippen MR) is 273 cm³/mol. The van der Waals surface area contributed by atoms with Gasteiger partial charge >= 0.3 is 0 Å². The number of benzene rings is 4. The zero-order chi connectivity index (χ0) is 46.1. The van der Waals surface area contributed by atoms with Gasteiger partial charge in [-0.2, -0.15) is 0 Å². The molecular weight excluding hydrogens is 795 g/mol. The molecule has 0 amide bonds. The molecule has 6 nitrogen and oxygen atoms in total. The Morgan fingerprint density at radius 3 is 1.14 bits per heavy atom. The number of aryl methyl sites for hydroxylation is 9. The van der Waals surface area contributed by atoms with E-state index in [-0.39, 0.29) is 0 Å². The lowest BCUT2D eigenvalue weighted by atomic mass is 9.92. The summed E-state index contributed by atoms with van der Waals surface area (Å²) in [7, 11) is 0. The molecule has 8 bridgehead atoms. The summed E-state index contributed by atoms with van der Waals surface area (Å²) in [6, 6.07) is 29.9. The summed E-state index contributed by atoms with van der Waals surface area (Å²) in [6.07, 6.45) is 8.37. The first-order chi connectivity index (χ1) is 30.9. The Labute approximate surface area is 383 Å². The Kier molecular flexibility index (Phi) is 10.9. The van der Waals surface area contributed by atoms with Gasteiger partial charge in [0.15, 0.2) is 0 Å². The van der Waals surface area contributed by atoms with Gasteiger partial charge in [0, 0.05) is 44.3 Å². The Morgan fingerprint density at radius 1 is 0.431 bits per heavy atom. The fourth-order valence-corrected chi connectivity index (χ4v) is 10.1. The molecule has 65 heavy (non-hydrogen) atoms. The van der Waals surface area contributed by atoms with Gasteiger partial charge < -0.3 is 9.97 Å². The van der Waals surface area contributed by atoms with Gasteiger partial charge in [0.2, 0.25) is 0 Å². The van der Waals surface area contributed by atoms with Crippen LogP contribution in [0.3, 0.4) is 0 Å². The van der Waals surface area contributed by atoms with Crippen molar-refractivity contribution in [1.82, 2.24) is 19.9 Å². The Balaban J connectivity index is 1.44. The Morgan fingerprint density at radius 2 is 0.769 bits per heavy atom. The Bertz CT molecular complexity index is 3180. The van der Waals surface area contributed by atoms with E-state index in [0.29, 0.717) is 11.3 Å². The average molecular weight is 851 g/mol. The molecule has 0 atom stereocenters. The number of hydrogen-bond acceptors (Lipinski definition) is 3. The van der Waals surface area contributed by atoms with E-state index in [1.165, 1.54) is 55.6 Å². The van der Waals surface area contributed by atoms with E-state index in [9.17, 15) is 5.21 Å². The molecule has 323 valence electrons. The molecule has 2 N–H and O–H groups in total. The zero-order valence-electron chi connectivity index (χ0n) is 39.6. The molecule has 6 heteroatoms. The lowest BCUT2D eigenvalue weighted by molar-refractivity contribution is 0.102. The van der Waals surface area contributed by atoms with Crippen molar-refractivity contribution in [3.05, 3.63) is 169 Å². The molecule has 3 aromatic heterocycles. The first kappa shape index (κ1) is 43.1. The highest BCUT2D eigenvalue weighted by molar-refractivity contribution is 6.01. The quantitative estimate of drug-likeness (QED) is 0.137. The van der Waals surface area contributed by atoms with E-state index in [2.05, 4.69) is 169 Å². The summed E-state index contributed by atoms with van der Waals surface area (Å²) in [6.45, 7) is 25.4. The maximum atomic E-state index is 13.0. The number of aromatic nitrogens is 4. The molecule has 9 rings (SSSR count). The van der Waals surface area contributed by atoms with Crippen molar-refractivity contribution in [3.8, 4) is 45.2 Å². The second-order valence-electron chi connectivity index (χ2n) is 19.1. The second kappa shape index (κ2) is 16.4. The van der Waals surface area contributed by atoms with Gasteiger partial charge in [0.1, 0.15) is 0 Å². The van der Waals surface area contributed by atoms with Crippen molar-refractivity contribution in [2.45, 2.75) is 88.6 Å². The molecule has 5 heterocycles. The van der Waals surface area contributed by atoms with Crippen molar-refractivity contribution < 1.29 is 5.21 Å². The van der Waals surface area contributed by atoms with Crippen molar-refractivity contribution in [2.75, 3.05) is 5.06 Å². The molecule has 7 aromatic rings. The van der Waals surface area contributed by atoms with Gasteiger partial charge in [-0.05, 0) is 206 Å². The van der Waals surface area contributed by atoms with Crippen molar-refractivity contribution in [1.29, 1.82) is 0 Å². The van der Waals surface area contributed by atoms with Crippen LogP contribution in [0.2, 0.25) is 0 Å². The largest absolute Gasteiger partial charge is 0.354 e. The summed E-state index contributed by atoms with van der Waals surface area (Å²) < 4.78 is 0. The van der Waals surface area contributed by atoms with E-state index in [0.717, 1.165) is 83.3 Å². The molecule has 4 aromatic carbocycles. The van der Waals surface area contributed by atoms with Crippen LogP contribution in [0.1, 0.15) is 105 Å². The van der Waals surface area contributed by atoms with Gasteiger partial charge in [-0.1, -0.05) is 70.1 Å². The third-order valence-electron chi connectivity index (χ3n) is 12.6. The molecule has 0 aliphatic carbocycles. The van der Waals surface area contributed by atoms with Crippen molar-refractivity contribution in [2.24, 2.45) is 0 Å². The van der Waals surface area contributed by atoms with Gasteiger partial charge in [0.05, 0.1) is 39.6 Å². The number of fused-ring (bicyclic) bond motifs is 8. The van der Waals surface area contributed by atoms with E-state index >= 15 is 0 Å². The van der Waals surface area contributed by atoms with Gasteiger partial charge in [-0.25, -0.2) is 15.0 Å². The van der Waals surface area contributed by atoms with Gasteiger partial charge in [-0.3, -0.25) is 0 Å². The van der Waals surface area contributed by atoms with Crippen LogP contribution >= 0.6 is 0 Å². The van der Waals surface area contributed by atoms with Crippen LogP contribution in [0.5, 0.6) is 0 Å². The minimum atomic E-state index is -0.560. The highest BCUT2D eigenvalue weighted by atomic mass is 16.5. The highest BCUT2D eigenvalue weighted by Crippen LogP contribution is 2.41. The fraction of sp³-hybridized carbons (Fsp3) is 0.220. The van der Waals surface area contributed by atoms with Gasteiger partial charge in [0.25, 0.3) is 0 Å². The first-order valence-corrected chi connectivity index (χ1v) is 22.5. The summed E-state index contributed by atoms with van der Waals surface area (Å²) in [4.78, 5) is 18.9. The molecular formula is C59H56N5O. The first-order valence-electron chi connectivity index (χ1n) is 22.5. The third kappa shape index (κ3) is 8.02. The van der Waals surface area contributed by atoms with Crippen LogP contribution in [0, 0.1) is 74.2 Å². The van der Waals surface area contributed by atoms with E-state index in [1.54, 1.807) is 0 Å². The van der Waals surface area contributed by atoms with Crippen LogP contribution in [0.15, 0.2) is 84.9 Å². The smallest absolute Gasteiger partial charge is 0.0816 e. The number of hydroxylamine groups is 1. The second-order valence-corrected chi connectivity index (χ2v) is 19.1. The molecule has 2 aliphatic heterocycles. The molecule has 2 aliphatic rings. The number of rotatable bonds is 4. The predicted octanol–water partition coefficient (Wildman–Crippen LogP) is 14.8. The van der Waals surface area contributed by atoms with Crippen LogP contribution in [-0.2, 0) is 5.21 Å². The molecule has 0 saturated heterocycles. The minimum Gasteiger partial charge on any atom is -0.354 e. The maximum absolute atomic E-state index is 13.0. The topological polar surface area (TPSA) is 80.5 Å². The number of hydrogen-bond donors (Lipinski definition) is 2. The molecule has 0 fully saturated rings. The van der Waals surface area contributed by atoms with Crippen LogP contribution in [0.25, 0.3) is 79.8 Å². The summed E-state index contributed by atoms with van der Waals surface area (Å²) >= 11 is 0. The van der Waals surface area contributed by atoms with Crippen LogP contribution in [-0.4, -0.2) is 25.5 Å². The maximum Gasteiger partial charge on any atom is 0.0816 e. The van der Waals surface area contributed by atoms with Crippen LogP contribution < -0.4 is 5.06 Å². The van der Waals surface area contributed by atoms with E-state index < -0.39 is 5.54 Å². The summed E-state index contributed by atoms with van der Waals surface area (Å²) in [5.41, 5.74) is 26.1. The zero-order valence-corrected chi connectivity index (χ0v) is 39.6. The Hall–Kier alpha value is -7.20. The fourth-order valence-electron chi connectivity index (χ4n) is 10.1. The number of anilines is 1. The lowest BCUT2D eigenvalue weighted by Crippen LogP contribution is -2.37. The lowest BCUT2D eigenvalue weighted by Gasteiger charge is -2.28. The van der Waals surface area contributed by atoms with Crippen LogP contribution in [0.4, 0.5) is 5.69 Å². The van der Waals surface area contributed by atoms with Gasteiger partial charge in [-0.15, -0.1) is 0 Å². The van der Waals surface area contributed by atoms with E-state index in [1.807, 2.05) is 45.0 Å². The normalized spacial score (nSPS) is 12.1. The molecule has 0 unspecified atom stereocenters. The average Bonchev–Trinajstić information content (AvgIpc) is 4.07. The number of H-pyrrole nitrogens is 2. The minimum absolute atomic E-state index is 0.560. The molecule has 1 radical (unpaired) electrons. The summed E-state index contributed by atoms with van der Waals surface area (Å²) in [5.74, 6) is 6.95. The number of aromatic amines is 2. The number of nitrogens with one attached hydrogen (secondary N) is 2. The monoisotopic (exact) mass is 850 g/mol. The standard InChI is InChI=1S/C59H56N5O/c1-33-27-36(4)53(37(5)28-33)56-47-21-19-45(60-47)44(18-15-42-13-16-43(17-14-42)64(65)59(10,11)12)46-20-22-48(61-46)57(54-38(6)29-34(2)30-39(54)7)50-24-26-52(63-50)58(51-25-23-49(56)62-51)55-40(8)31-35(3)32-41(55)9/h13-14,16-17,19-32,62-63H,1-12H3. The number of nitrogens with zero attached hydrogens (tertiary/aromatic N) is 3. The SMILES string of the molecule is Cc1cc(C)c(-c2c3nc(c(C#Cc4ccc(N([O])C(C)(C)C)cc4)c4nc(c(-c5c(C)cc(C)cc5C)c5ccc([nH]5)c(-c5c(C)cc(C)cc5C)c5ccc2[nH]5)C=C4)C=C3)c(C)c1. The van der Waals surface area contributed by atoms with Crippen molar-refractivity contribution >= 4 is 52.1 Å². The molecule has 0 spiro atoms. The third-order valence-corrected chi connectivity index (χ3v) is 12.6.